The number of imidazole rings is 1. The summed E-state index contributed by atoms with van der Waals surface area (Å²) in [6.45, 7) is -0.385. The lowest BCUT2D eigenvalue weighted by Crippen LogP contribution is -2.33. The van der Waals surface area contributed by atoms with Gasteiger partial charge in [-0.05, 0) is 12.8 Å². The lowest BCUT2D eigenvalue weighted by molar-refractivity contribution is -0.0511. The molecule has 124 valence electrons. The van der Waals surface area contributed by atoms with Crippen molar-refractivity contribution in [3.63, 3.8) is 0 Å². The van der Waals surface area contributed by atoms with E-state index in [0.717, 1.165) is 18.5 Å². The number of nitrogens with zero attached hydrogens (tertiary/aromatic N) is 3. The Balaban J connectivity index is 1.74. The first-order valence-corrected chi connectivity index (χ1v) is 7.88. The second-order valence-corrected chi connectivity index (χ2v) is 6.35. The molecular weight excluding hydrogens is 324 g/mol. The number of fused-ring (bicyclic) bond motifs is 1. The van der Waals surface area contributed by atoms with Gasteiger partial charge in [0.1, 0.15) is 29.0 Å². The lowest BCUT2D eigenvalue weighted by atomic mass is 10.1. The van der Waals surface area contributed by atoms with Crippen LogP contribution in [0, 0.1) is 0 Å². The predicted molar refractivity (Wildman–Crippen MR) is 82.2 cm³/mol. The monoisotopic (exact) mass is 340 g/mol. The van der Waals surface area contributed by atoms with Crippen molar-refractivity contribution in [2.24, 2.45) is 0 Å². The van der Waals surface area contributed by atoms with Crippen LogP contribution in [-0.2, 0) is 4.74 Å². The molecule has 1 aliphatic heterocycles. The Bertz CT molecular complexity index is 735. The minimum Gasteiger partial charge on any atom is -0.394 e. The molecule has 23 heavy (non-hydrogen) atoms. The molecule has 2 aromatic heterocycles. The van der Waals surface area contributed by atoms with Crippen LogP contribution in [0.2, 0.25) is 5.15 Å². The Hall–Kier alpha value is -1.45. The van der Waals surface area contributed by atoms with E-state index < -0.39 is 24.5 Å². The normalized spacial score (nSPS) is 31.0. The SMILES string of the molecule is OC[C@H]1O[C@@H](n2cnc3c(NC4CC4)cc(Cl)nc32)[C@H](O)[C@@H]1O. The van der Waals surface area contributed by atoms with Crippen LogP contribution in [0.15, 0.2) is 12.4 Å². The maximum Gasteiger partial charge on any atom is 0.165 e. The van der Waals surface area contributed by atoms with Crippen molar-refractivity contribution < 1.29 is 20.1 Å². The van der Waals surface area contributed by atoms with E-state index in [1.54, 1.807) is 6.07 Å². The number of aliphatic hydroxyl groups excluding tert-OH is 3. The fourth-order valence-corrected chi connectivity index (χ4v) is 3.02. The first-order valence-electron chi connectivity index (χ1n) is 7.50. The summed E-state index contributed by atoms with van der Waals surface area (Å²) in [6.07, 6.45) is -0.390. The molecule has 0 unspecified atom stereocenters. The first-order chi connectivity index (χ1) is 11.1. The molecule has 0 aromatic carbocycles. The molecule has 3 heterocycles. The van der Waals surface area contributed by atoms with Crippen LogP contribution in [0.5, 0.6) is 0 Å². The maximum atomic E-state index is 10.2. The summed E-state index contributed by atoms with van der Waals surface area (Å²) in [7, 11) is 0. The van der Waals surface area contributed by atoms with Gasteiger partial charge in [-0.1, -0.05) is 11.6 Å². The van der Waals surface area contributed by atoms with Gasteiger partial charge in [-0.25, -0.2) is 9.97 Å². The van der Waals surface area contributed by atoms with Crippen molar-refractivity contribution in [2.75, 3.05) is 11.9 Å². The van der Waals surface area contributed by atoms with Crippen molar-refractivity contribution in [1.82, 2.24) is 14.5 Å². The van der Waals surface area contributed by atoms with Crippen LogP contribution in [-0.4, -0.2) is 60.8 Å². The van der Waals surface area contributed by atoms with E-state index in [1.807, 2.05) is 0 Å². The molecule has 1 saturated carbocycles. The zero-order valence-electron chi connectivity index (χ0n) is 12.1. The van der Waals surface area contributed by atoms with Gasteiger partial charge in [-0.2, -0.15) is 0 Å². The minimum atomic E-state index is -1.19. The summed E-state index contributed by atoms with van der Waals surface area (Å²) in [6, 6.07) is 2.15. The molecule has 9 heteroatoms. The zero-order valence-corrected chi connectivity index (χ0v) is 12.9. The highest BCUT2D eigenvalue weighted by Gasteiger charge is 2.44. The molecule has 0 amide bonds. The summed E-state index contributed by atoms with van der Waals surface area (Å²) >= 11 is 6.10. The number of nitrogens with one attached hydrogen (secondary N) is 1. The molecule has 1 saturated heterocycles. The van der Waals surface area contributed by atoms with E-state index in [4.69, 9.17) is 16.3 Å². The molecule has 4 atom stereocenters. The van der Waals surface area contributed by atoms with Crippen molar-refractivity contribution in [3.8, 4) is 0 Å². The number of aromatic nitrogens is 3. The van der Waals surface area contributed by atoms with Crippen LogP contribution < -0.4 is 5.32 Å². The molecule has 2 fully saturated rings. The van der Waals surface area contributed by atoms with Crippen molar-refractivity contribution in [3.05, 3.63) is 17.5 Å². The summed E-state index contributed by atoms with van der Waals surface area (Å²) in [4.78, 5) is 8.61. The number of rotatable bonds is 4. The molecule has 2 aliphatic rings. The van der Waals surface area contributed by atoms with Crippen LogP contribution in [0.4, 0.5) is 5.69 Å². The summed E-state index contributed by atoms with van der Waals surface area (Å²) < 4.78 is 7.06. The Kier molecular flexibility index (Phi) is 3.66. The van der Waals surface area contributed by atoms with Gasteiger partial charge in [-0.15, -0.1) is 0 Å². The highest BCUT2D eigenvalue weighted by molar-refractivity contribution is 6.30. The number of halogens is 1. The molecule has 4 N–H and O–H groups in total. The van der Waals surface area contributed by atoms with E-state index in [0.29, 0.717) is 22.4 Å². The molecule has 4 rings (SSSR count). The molecular formula is C14H17ClN4O4. The minimum absolute atomic E-state index is 0.300. The molecule has 1 aliphatic carbocycles. The van der Waals surface area contributed by atoms with Crippen molar-refractivity contribution >= 4 is 28.5 Å². The van der Waals surface area contributed by atoms with E-state index in [9.17, 15) is 15.3 Å². The number of hydrogen-bond acceptors (Lipinski definition) is 7. The third-order valence-corrected chi connectivity index (χ3v) is 4.42. The Morgan fingerprint density at radius 1 is 1.35 bits per heavy atom. The average Bonchev–Trinajstić information content (AvgIpc) is 3.17. The second kappa shape index (κ2) is 5.57. The van der Waals surface area contributed by atoms with E-state index >= 15 is 0 Å². The fourth-order valence-electron chi connectivity index (χ4n) is 2.83. The smallest absolute Gasteiger partial charge is 0.165 e. The summed E-state index contributed by atoms with van der Waals surface area (Å²) in [5.41, 5.74) is 1.86. The Morgan fingerprint density at radius 3 is 2.78 bits per heavy atom. The fraction of sp³-hybridized carbons (Fsp3) is 0.571. The predicted octanol–water partition coefficient (Wildman–Crippen LogP) is 0.270. The molecule has 0 spiro atoms. The topological polar surface area (TPSA) is 113 Å². The summed E-state index contributed by atoms with van der Waals surface area (Å²) in [5, 5.41) is 32.9. The number of aliphatic hydroxyl groups is 3. The van der Waals surface area contributed by atoms with Gasteiger partial charge in [0.25, 0.3) is 0 Å². The van der Waals surface area contributed by atoms with E-state index in [2.05, 4.69) is 15.3 Å². The van der Waals surface area contributed by atoms with Gasteiger partial charge in [0, 0.05) is 12.1 Å². The van der Waals surface area contributed by atoms with Gasteiger partial charge in [0.2, 0.25) is 0 Å². The Labute approximate surface area is 136 Å². The molecule has 0 bridgehead atoms. The summed E-state index contributed by atoms with van der Waals surface area (Å²) in [5.74, 6) is 0. The molecule has 8 nitrogen and oxygen atoms in total. The molecule has 0 radical (unpaired) electrons. The number of hydrogen-bond donors (Lipinski definition) is 4. The number of anilines is 1. The average molecular weight is 341 g/mol. The third kappa shape index (κ3) is 2.56. The second-order valence-electron chi connectivity index (χ2n) is 5.96. The highest BCUT2D eigenvalue weighted by atomic mass is 35.5. The number of pyridine rings is 1. The van der Waals surface area contributed by atoms with Crippen LogP contribution in [0.3, 0.4) is 0 Å². The van der Waals surface area contributed by atoms with Crippen LogP contribution >= 0.6 is 11.6 Å². The maximum absolute atomic E-state index is 10.2. The third-order valence-electron chi connectivity index (χ3n) is 4.23. The van der Waals surface area contributed by atoms with E-state index in [-0.39, 0.29) is 6.61 Å². The van der Waals surface area contributed by atoms with Gasteiger partial charge in [-0.3, -0.25) is 4.57 Å². The van der Waals surface area contributed by atoms with Crippen molar-refractivity contribution in [1.29, 1.82) is 0 Å². The van der Waals surface area contributed by atoms with Gasteiger partial charge >= 0.3 is 0 Å². The largest absolute Gasteiger partial charge is 0.394 e. The van der Waals surface area contributed by atoms with Gasteiger partial charge < -0.3 is 25.4 Å². The van der Waals surface area contributed by atoms with Gasteiger partial charge in [0.05, 0.1) is 18.6 Å². The van der Waals surface area contributed by atoms with Crippen molar-refractivity contribution in [2.45, 2.75) is 43.4 Å². The van der Waals surface area contributed by atoms with E-state index in [1.165, 1.54) is 10.9 Å². The quantitative estimate of drug-likeness (QED) is 0.591. The van der Waals surface area contributed by atoms with Gasteiger partial charge in [0.15, 0.2) is 11.9 Å². The first kappa shape index (κ1) is 15.1. The van der Waals surface area contributed by atoms with Crippen LogP contribution in [0.25, 0.3) is 11.2 Å². The zero-order chi connectivity index (χ0) is 16.1. The lowest BCUT2D eigenvalue weighted by Gasteiger charge is -2.16. The number of ether oxygens (including phenoxy) is 1. The van der Waals surface area contributed by atoms with Crippen LogP contribution in [0.1, 0.15) is 19.1 Å². The standard InChI is InChI=1S/C14H17ClN4O4/c15-9-3-7(17-6-1-2-6)10-13(18-9)19(5-16-10)14-12(22)11(21)8(4-20)23-14/h3,5-6,8,11-12,14,20-22H,1-2,4H2,(H,17,18)/t8-,11-,12-,14-/m1/s1. The highest BCUT2D eigenvalue weighted by Crippen LogP contribution is 2.35. The Morgan fingerprint density at radius 2 is 2.13 bits per heavy atom. The molecule has 2 aromatic rings.